The van der Waals surface area contributed by atoms with Crippen molar-refractivity contribution in [3.05, 3.63) is 40.9 Å². The Bertz CT molecular complexity index is 800. The van der Waals surface area contributed by atoms with Gasteiger partial charge in [-0.25, -0.2) is 9.78 Å². The number of thiazole rings is 1. The molecule has 0 saturated heterocycles. The maximum Gasteiger partial charge on any atom is 0.358 e. The van der Waals surface area contributed by atoms with Crippen molar-refractivity contribution in [1.82, 2.24) is 10.3 Å². The number of nitrogens with one attached hydrogen (secondary N) is 1. The summed E-state index contributed by atoms with van der Waals surface area (Å²) in [6, 6.07) is 8.12. The van der Waals surface area contributed by atoms with E-state index in [-0.39, 0.29) is 24.2 Å². The van der Waals surface area contributed by atoms with E-state index in [9.17, 15) is 9.59 Å². The first-order valence-electron chi connectivity index (χ1n) is 9.43. The Kier molecular flexibility index (Phi) is 6.26. The fraction of sp³-hybridized carbons (Fsp3) is 0.476. The molecule has 3 rings (SSSR count). The Morgan fingerprint density at radius 1 is 1.22 bits per heavy atom. The summed E-state index contributed by atoms with van der Waals surface area (Å²) in [4.78, 5) is 28.7. The quantitative estimate of drug-likeness (QED) is 0.782. The highest BCUT2D eigenvalue weighted by molar-refractivity contribution is 7.13. The second kappa shape index (κ2) is 8.65. The van der Waals surface area contributed by atoms with E-state index in [1.54, 1.807) is 5.38 Å². The van der Waals surface area contributed by atoms with Crippen molar-refractivity contribution in [1.29, 1.82) is 0 Å². The molecule has 0 spiro atoms. The molecule has 3 atom stereocenters. The summed E-state index contributed by atoms with van der Waals surface area (Å²) in [6.45, 7) is 6.14. The highest BCUT2D eigenvalue weighted by atomic mass is 32.1. The molecule has 1 aliphatic rings. The molecule has 1 aromatic heterocycles. The molecule has 0 aliphatic heterocycles. The van der Waals surface area contributed by atoms with Crippen LogP contribution in [0, 0.1) is 18.8 Å². The molecule has 1 aliphatic carbocycles. The van der Waals surface area contributed by atoms with Crippen LogP contribution < -0.4 is 5.32 Å². The van der Waals surface area contributed by atoms with Crippen LogP contribution in [0.4, 0.5) is 0 Å². The van der Waals surface area contributed by atoms with Gasteiger partial charge in [-0.15, -0.1) is 11.3 Å². The summed E-state index contributed by atoms with van der Waals surface area (Å²) in [6.07, 6.45) is 3.31. The molecule has 1 aromatic carbocycles. The number of nitrogens with zero attached hydrogens (tertiary/aromatic N) is 1. The van der Waals surface area contributed by atoms with Crippen LogP contribution in [0.5, 0.6) is 0 Å². The molecule has 6 heteroatoms. The van der Waals surface area contributed by atoms with E-state index in [4.69, 9.17) is 4.74 Å². The molecule has 144 valence electrons. The smallest absolute Gasteiger partial charge is 0.358 e. The number of rotatable bonds is 5. The van der Waals surface area contributed by atoms with Gasteiger partial charge in [0.05, 0.1) is 0 Å². The van der Waals surface area contributed by atoms with Gasteiger partial charge < -0.3 is 10.1 Å². The third-order valence-corrected chi connectivity index (χ3v) is 6.29. The Hall–Kier alpha value is -2.21. The molecular weight excluding hydrogens is 360 g/mol. The molecule has 0 bridgehead atoms. The second-order valence-electron chi connectivity index (χ2n) is 7.42. The molecule has 0 radical (unpaired) electrons. The molecule has 27 heavy (non-hydrogen) atoms. The number of aryl methyl sites for hydroxylation is 1. The highest BCUT2D eigenvalue weighted by Crippen LogP contribution is 2.29. The Balaban J connectivity index is 1.52. The predicted molar refractivity (Wildman–Crippen MR) is 107 cm³/mol. The zero-order valence-electron chi connectivity index (χ0n) is 16.0. The van der Waals surface area contributed by atoms with Gasteiger partial charge in [-0.1, -0.05) is 56.5 Å². The fourth-order valence-corrected chi connectivity index (χ4v) is 4.23. The Labute approximate surface area is 164 Å². The van der Waals surface area contributed by atoms with E-state index in [1.807, 2.05) is 31.2 Å². The molecule has 1 heterocycles. The molecule has 1 fully saturated rings. The number of benzene rings is 1. The summed E-state index contributed by atoms with van der Waals surface area (Å²) in [5.74, 6) is 0.226. The highest BCUT2D eigenvalue weighted by Gasteiger charge is 2.28. The number of aromatic nitrogens is 1. The lowest BCUT2D eigenvalue weighted by Crippen LogP contribution is -2.45. The van der Waals surface area contributed by atoms with E-state index in [2.05, 4.69) is 24.1 Å². The number of ether oxygens (including phenoxy) is 1. The lowest BCUT2D eigenvalue weighted by atomic mass is 9.78. The van der Waals surface area contributed by atoms with Crippen molar-refractivity contribution >= 4 is 23.2 Å². The van der Waals surface area contributed by atoms with E-state index < -0.39 is 5.97 Å². The standard InChI is InChI=1S/C21H26N2O3S/c1-13-7-9-16(10-8-13)20-23-18(12-27-20)21(25)26-11-19(24)22-17-6-4-5-14(2)15(17)3/h7-10,12,14-15,17H,4-6,11H2,1-3H3,(H,22,24)/t14-,15-,17+/m0/s1. The minimum atomic E-state index is -0.565. The van der Waals surface area contributed by atoms with E-state index in [1.165, 1.54) is 23.3 Å². The van der Waals surface area contributed by atoms with E-state index in [0.717, 1.165) is 23.4 Å². The number of carbonyl (C=O) groups is 2. The summed E-state index contributed by atoms with van der Waals surface area (Å²) in [7, 11) is 0. The SMILES string of the molecule is Cc1ccc(-c2nc(C(=O)OCC(=O)N[C@@H]3CCC[C@H](C)[C@@H]3C)cs2)cc1. The average molecular weight is 387 g/mol. The van der Waals surface area contributed by atoms with Crippen molar-refractivity contribution in [3.63, 3.8) is 0 Å². The fourth-order valence-electron chi connectivity index (χ4n) is 3.44. The van der Waals surface area contributed by atoms with Crippen molar-refractivity contribution in [2.45, 2.75) is 46.1 Å². The van der Waals surface area contributed by atoms with Gasteiger partial charge in [-0.2, -0.15) is 0 Å². The van der Waals surface area contributed by atoms with Gasteiger partial charge in [0.1, 0.15) is 5.01 Å². The molecule has 5 nitrogen and oxygen atoms in total. The molecular formula is C21H26N2O3S. The van der Waals surface area contributed by atoms with Gasteiger partial charge in [0.15, 0.2) is 12.3 Å². The average Bonchev–Trinajstić information content (AvgIpc) is 3.14. The molecule has 1 amide bonds. The van der Waals surface area contributed by atoms with Crippen molar-refractivity contribution in [2.75, 3.05) is 6.61 Å². The number of esters is 1. The third kappa shape index (κ3) is 4.95. The summed E-state index contributed by atoms with van der Waals surface area (Å²) < 4.78 is 5.16. The van der Waals surface area contributed by atoms with Crippen LogP contribution in [-0.4, -0.2) is 29.5 Å². The van der Waals surface area contributed by atoms with Gasteiger partial charge in [-0.05, 0) is 25.2 Å². The van der Waals surface area contributed by atoms with Crippen LogP contribution in [0.15, 0.2) is 29.6 Å². The van der Waals surface area contributed by atoms with Gasteiger partial charge >= 0.3 is 5.97 Å². The van der Waals surface area contributed by atoms with Gasteiger partial charge in [0, 0.05) is 17.0 Å². The van der Waals surface area contributed by atoms with Crippen LogP contribution in [0.25, 0.3) is 10.6 Å². The molecule has 1 saturated carbocycles. The lowest BCUT2D eigenvalue weighted by Gasteiger charge is -2.34. The first kappa shape index (κ1) is 19.5. The monoisotopic (exact) mass is 386 g/mol. The van der Waals surface area contributed by atoms with Crippen molar-refractivity contribution in [3.8, 4) is 10.6 Å². The summed E-state index contributed by atoms with van der Waals surface area (Å²) in [5, 5.41) is 5.44. The topological polar surface area (TPSA) is 68.3 Å². The Morgan fingerprint density at radius 3 is 2.70 bits per heavy atom. The largest absolute Gasteiger partial charge is 0.451 e. The van der Waals surface area contributed by atoms with Crippen LogP contribution in [-0.2, 0) is 9.53 Å². The number of carbonyl (C=O) groups excluding carboxylic acids is 2. The zero-order valence-corrected chi connectivity index (χ0v) is 16.8. The number of amides is 1. The van der Waals surface area contributed by atoms with Crippen LogP contribution in [0.2, 0.25) is 0 Å². The predicted octanol–water partition coefficient (Wildman–Crippen LogP) is 4.22. The second-order valence-corrected chi connectivity index (χ2v) is 8.28. The van der Waals surface area contributed by atoms with Gasteiger partial charge in [0.25, 0.3) is 5.91 Å². The molecule has 1 N–H and O–H groups in total. The van der Waals surface area contributed by atoms with Gasteiger partial charge in [-0.3, -0.25) is 4.79 Å². The van der Waals surface area contributed by atoms with Gasteiger partial charge in [0.2, 0.25) is 0 Å². The first-order chi connectivity index (χ1) is 12.9. The van der Waals surface area contributed by atoms with Crippen molar-refractivity contribution < 1.29 is 14.3 Å². The minimum absolute atomic E-state index is 0.160. The van der Waals surface area contributed by atoms with Crippen LogP contribution >= 0.6 is 11.3 Å². The zero-order chi connectivity index (χ0) is 19.4. The number of hydrogen-bond donors (Lipinski definition) is 1. The molecule has 0 unspecified atom stereocenters. The number of hydrogen-bond acceptors (Lipinski definition) is 5. The summed E-state index contributed by atoms with van der Waals surface area (Å²) in [5.41, 5.74) is 2.37. The van der Waals surface area contributed by atoms with Crippen LogP contribution in [0.1, 0.15) is 49.2 Å². The minimum Gasteiger partial charge on any atom is -0.451 e. The normalized spacial score (nSPS) is 22.3. The van der Waals surface area contributed by atoms with Crippen molar-refractivity contribution in [2.24, 2.45) is 11.8 Å². The summed E-state index contributed by atoms with van der Waals surface area (Å²) >= 11 is 1.39. The van der Waals surface area contributed by atoms with Crippen LogP contribution in [0.3, 0.4) is 0 Å². The first-order valence-corrected chi connectivity index (χ1v) is 10.3. The molecule has 2 aromatic rings. The van der Waals surface area contributed by atoms with E-state index in [0.29, 0.717) is 11.8 Å². The van der Waals surface area contributed by atoms with E-state index >= 15 is 0 Å². The maximum absolute atomic E-state index is 12.2. The Morgan fingerprint density at radius 2 is 1.96 bits per heavy atom. The third-order valence-electron chi connectivity index (χ3n) is 5.40. The lowest BCUT2D eigenvalue weighted by molar-refractivity contribution is -0.125. The maximum atomic E-state index is 12.2.